The maximum absolute atomic E-state index is 11.6. The molecule has 180 valence electrons. The van der Waals surface area contributed by atoms with E-state index in [1.165, 1.54) is 28.4 Å². The van der Waals surface area contributed by atoms with Gasteiger partial charge in [0.15, 0.2) is 0 Å². The highest BCUT2D eigenvalue weighted by atomic mass is 32.2. The highest BCUT2D eigenvalue weighted by Crippen LogP contribution is 2.27. The number of sulfonamides is 1. The molecule has 1 aliphatic rings. The molecule has 0 atom stereocenters. The van der Waals surface area contributed by atoms with Crippen LogP contribution in [0.15, 0.2) is 58.3 Å². The minimum Gasteiger partial charge on any atom is -0.465 e. The molecule has 0 radical (unpaired) electrons. The van der Waals surface area contributed by atoms with E-state index in [-0.39, 0.29) is 4.90 Å². The number of nitrogens with two attached hydrogens (primary N) is 1. The summed E-state index contributed by atoms with van der Waals surface area (Å²) in [4.78, 5) is 24.3. The highest BCUT2D eigenvalue weighted by molar-refractivity contribution is 7.89. The second kappa shape index (κ2) is 10.5. The zero-order valence-electron chi connectivity index (χ0n) is 18.6. The molecule has 1 amide bonds. The van der Waals surface area contributed by atoms with Crippen LogP contribution in [0.1, 0.15) is 25.0 Å². The Bertz CT molecular complexity index is 1210. The first kappa shape index (κ1) is 24.1. The normalized spacial score (nSPS) is 14.8. The van der Waals surface area contributed by atoms with Gasteiger partial charge in [-0.15, -0.1) is 11.3 Å². The molecule has 0 spiro atoms. The van der Waals surface area contributed by atoms with E-state index in [9.17, 15) is 18.3 Å². The third-order valence-electron chi connectivity index (χ3n) is 6.07. The predicted molar refractivity (Wildman–Crippen MR) is 131 cm³/mol. The van der Waals surface area contributed by atoms with Crippen molar-refractivity contribution in [3.63, 3.8) is 0 Å². The number of thiazole rings is 1. The fourth-order valence-corrected chi connectivity index (χ4v) is 5.18. The number of hydrogen-bond donors (Lipinski definition) is 2. The number of amides is 1. The molecule has 0 bridgehead atoms. The monoisotopic (exact) mass is 501 g/mol. The van der Waals surface area contributed by atoms with E-state index in [4.69, 9.17) is 10.1 Å². The lowest BCUT2D eigenvalue weighted by molar-refractivity contribution is 0.137. The van der Waals surface area contributed by atoms with E-state index in [1.54, 1.807) is 17.6 Å². The number of anilines is 1. The quantitative estimate of drug-likeness (QED) is 0.482. The first-order chi connectivity index (χ1) is 16.3. The average Bonchev–Trinajstić information content (AvgIpc) is 3.35. The lowest BCUT2D eigenvalue weighted by atomic mass is 9.93. The zero-order chi connectivity index (χ0) is 24.1. The maximum Gasteiger partial charge on any atom is 0.407 e. The van der Waals surface area contributed by atoms with Crippen LogP contribution in [0.5, 0.6) is 0 Å². The van der Waals surface area contributed by atoms with E-state index < -0.39 is 16.1 Å². The Balaban J connectivity index is 1.33. The van der Waals surface area contributed by atoms with Gasteiger partial charge in [-0.3, -0.25) is 0 Å². The molecule has 4 rings (SSSR count). The van der Waals surface area contributed by atoms with E-state index in [1.807, 2.05) is 23.6 Å². The smallest absolute Gasteiger partial charge is 0.407 e. The standard InChI is InChI=1S/C23H27N5O4S2/c24-34(31,32)20-6-4-18(5-7-20)21-2-1-3-22(26-21)27-11-8-17(9-12-27)10-13-28(23(29)30)14-19-15-33-16-25-19/h1-7,15-17H,8-14H2,(H,29,30)(H2,24,31,32). The fourth-order valence-electron chi connectivity index (χ4n) is 4.12. The number of nitrogens with zero attached hydrogens (tertiary/aromatic N) is 4. The van der Waals surface area contributed by atoms with E-state index in [2.05, 4.69) is 9.88 Å². The number of carbonyl (C=O) groups is 1. The number of rotatable bonds is 8. The molecule has 34 heavy (non-hydrogen) atoms. The molecule has 2 aromatic heterocycles. The van der Waals surface area contributed by atoms with Crippen LogP contribution in [0.2, 0.25) is 0 Å². The van der Waals surface area contributed by atoms with Gasteiger partial charge in [-0.1, -0.05) is 18.2 Å². The van der Waals surface area contributed by atoms with Gasteiger partial charge in [-0.2, -0.15) is 0 Å². The van der Waals surface area contributed by atoms with Crippen LogP contribution in [0.3, 0.4) is 0 Å². The Morgan fingerprint density at radius 1 is 1.18 bits per heavy atom. The summed E-state index contributed by atoms with van der Waals surface area (Å²) in [7, 11) is -3.73. The first-order valence-corrected chi connectivity index (χ1v) is 13.5. The van der Waals surface area contributed by atoms with Crippen LogP contribution in [-0.4, -0.2) is 54.1 Å². The summed E-state index contributed by atoms with van der Waals surface area (Å²) >= 11 is 1.47. The van der Waals surface area contributed by atoms with E-state index in [0.29, 0.717) is 19.0 Å². The van der Waals surface area contributed by atoms with Crippen LogP contribution < -0.4 is 10.0 Å². The van der Waals surface area contributed by atoms with Crippen molar-refractivity contribution in [3.05, 3.63) is 59.0 Å². The van der Waals surface area contributed by atoms with Gasteiger partial charge in [0.05, 0.1) is 28.3 Å². The topological polar surface area (TPSA) is 130 Å². The summed E-state index contributed by atoms with van der Waals surface area (Å²) in [5.41, 5.74) is 4.08. The van der Waals surface area contributed by atoms with Gasteiger partial charge in [-0.05, 0) is 49.4 Å². The Morgan fingerprint density at radius 2 is 1.91 bits per heavy atom. The van der Waals surface area contributed by atoms with Crippen molar-refractivity contribution >= 4 is 33.3 Å². The van der Waals surface area contributed by atoms with Crippen LogP contribution in [0, 0.1) is 5.92 Å². The molecule has 1 saturated heterocycles. The van der Waals surface area contributed by atoms with Gasteiger partial charge in [0.25, 0.3) is 0 Å². The molecule has 3 N–H and O–H groups in total. The van der Waals surface area contributed by atoms with E-state index >= 15 is 0 Å². The van der Waals surface area contributed by atoms with Crippen molar-refractivity contribution < 1.29 is 18.3 Å². The summed E-state index contributed by atoms with van der Waals surface area (Å²) in [5, 5.41) is 16.6. The molecule has 1 fully saturated rings. The molecular weight excluding hydrogens is 474 g/mol. The number of benzene rings is 1. The molecule has 0 saturated carbocycles. The number of pyridine rings is 1. The van der Waals surface area contributed by atoms with Gasteiger partial charge < -0.3 is 14.9 Å². The van der Waals surface area contributed by atoms with Crippen LogP contribution in [0.25, 0.3) is 11.3 Å². The van der Waals surface area contributed by atoms with Crippen molar-refractivity contribution in [2.24, 2.45) is 11.1 Å². The molecule has 9 nitrogen and oxygen atoms in total. The summed E-state index contributed by atoms with van der Waals surface area (Å²) in [6.07, 6.45) is 1.86. The SMILES string of the molecule is NS(=O)(=O)c1ccc(-c2cccc(N3CCC(CCN(Cc4cscn4)C(=O)O)CC3)n2)cc1. The number of primary sulfonamides is 1. The largest absolute Gasteiger partial charge is 0.465 e. The molecular formula is C23H27N5O4S2. The van der Waals surface area contributed by atoms with Gasteiger partial charge in [0.1, 0.15) is 5.82 Å². The molecule has 0 unspecified atom stereocenters. The molecule has 3 heterocycles. The van der Waals surface area contributed by atoms with Gasteiger partial charge >= 0.3 is 6.09 Å². The third-order valence-corrected chi connectivity index (χ3v) is 7.63. The van der Waals surface area contributed by atoms with E-state index in [0.717, 1.165) is 55.1 Å². The van der Waals surface area contributed by atoms with Crippen molar-refractivity contribution in [1.29, 1.82) is 0 Å². The van der Waals surface area contributed by atoms with Crippen molar-refractivity contribution in [2.75, 3.05) is 24.5 Å². The molecule has 1 aliphatic heterocycles. The second-order valence-electron chi connectivity index (χ2n) is 8.35. The minimum absolute atomic E-state index is 0.0718. The summed E-state index contributed by atoms with van der Waals surface area (Å²) < 4.78 is 23.0. The summed E-state index contributed by atoms with van der Waals surface area (Å²) in [6, 6.07) is 12.2. The number of piperidine rings is 1. The Hall–Kier alpha value is -3.02. The number of aromatic nitrogens is 2. The molecule has 11 heteroatoms. The Labute approximate surface area is 202 Å². The Kier molecular flexibility index (Phi) is 7.44. The molecule has 1 aromatic carbocycles. The summed E-state index contributed by atoms with van der Waals surface area (Å²) in [6.45, 7) is 2.53. The van der Waals surface area contributed by atoms with Crippen molar-refractivity contribution in [3.8, 4) is 11.3 Å². The number of hydrogen-bond acceptors (Lipinski definition) is 7. The maximum atomic E-state index is 11.6. The van der Waals surface area contributed by atoms with Crippen LogP contribution >= 0.6 is 11.3 Å². The third kappa shape index (κ3) is 6.10. The van der Waals surface area contributed by atoms with Crippen molar-refractivity contribution in [1.82, 2.24) is 14.9 Å². The second-order valence-corrected chi connectivity index (χ2v) is 10.6. The predicted octanol–water partition coefficient (Wildman–Crippen LogP) is 3.64. The zero-order valence-corrected chi connectivity index (χ0v) is 20.2. The van der Waals surface area contributed by atoms with Crippen LogP contribution in [0.4, 0.5) is 10.6 Å². The average molecular weight is 502 g/mol. The summed E-state index contributed by atoms with van der Waals surface area (Å²) in [5.74, 6) is 1.34. The van der Waals surface area contributed by atoms with Gasteiger partial charge in [0, 0.05) is 30.6 Å². The van der Waals surface area contributed by atoms with Crippen molar-refractivity contribution in [2.45, 2.75) is 30.7 Å². The number of carboxylic acid groups (broad SMARTS) is 1. The minimum atomic E-state index is -3.73. The van der Waals surface area contributed by atoms with Gasteiger partial charge in [0.2, 0.25) is 10.0 Å². The first-order valence-electron chi connectivity index (χ1n) is 11.0. The lowest BCUT2D eigenvalue weighted by Crippen LogP contribution is -2.36. The lowest BCUT2D eigenvalue weighted by Gasteiger charge is -2.33. The Morgan fingerprint density at radius 3 is 2.53 bits per heavy atom. The van der Waals surface area contributed by atoms with Crippen LogP contribution in [-0.2, 0) is 16.6 Å². The highest BCUT2D eigenvalue weighted by Gasteiger charge is 2.22. The van der Waals surface area contributed by atoms with Gasteiger partial charge in [-0.25, -0.2) is 28.3 Å². The fraction of sp³-hybridized carbons (Fsp3) is 0.348. The molecule has 0 aliphatic carbocycles. The molecule has 3 aromatic rings.